The van der Waals surface area contributed by atoms with Crippen LogP contribution in [-0.2, 0) is 13.5 Å². The van der Waals surface area contributed by atoms with Crippen LogP contribution in [0.4, 0.5) is 0 Å². The highest BCUT2D eigenvalue weighted by Crippen LogP contribution is 2.25. The minimum absolute atomic E-state index is 0.207. The van der Waals surface area contributed by atoms with Gasteiger partial charge in [-0.05, 0) is 31.5 Å². The van der Waals surface area contributed by atoms with Gasteiger partial charge < -0.3 is 5.32 Å². The van der Waals surface area contributed by atoms with E-state index in [9.17, 15) is 0 Å². The van der Waals surface area contributed by atoms with E-state index >= 15 is 0 Å². The maximum atomic E-state index is 6.30. The molecule has 1 unspecified atom stereocenters. The molecule has 0 aliphatic heterocycles. The molecule has 0 fully saturated rings. The number of rotatable bonds is 5. The molecule has 0 aromatic carbocycles. The molecule has 102 valence electrons. The summed E-state index contributed by atoms with van der Waals surface area (Å²) >= 11 is 6.30. The lowest BCUT2D eigenvalue weighted by molar-refractivity contribution is 0.547. The van der Waals surface area contributed by atoms with Crippen LogP contribution >= 0.6 is 11.6 Å². The second kappa shape index (κ2) is 6.17. The second-order valence-electron chi connectivity index (χ2n) is 4.58. The minimum Gasteiger partial charge on any atom is -0.310 e. The summed E-state index contributed by atoms with van der Waals surface area (Å²) < 4.78 is 1.72. The van der Waals surface area contributed by atoms with E-state index in [2.05, 4.69) is 28.4 Å². The normalized spacial score (nSPS) is 12.6. The number of pyridine rings is 1. The first-order valence-corrected chi connectivity index (χ1v) is 6.82. The SMILES string of the molecule is CCNC(Cc1c(C)nn(C)c1Cl)c1cccnc1. The molecule has 5 heteroatoms. The van der Waals surface area contributed by atoms with Gasteiger partial charge in [-0.15, -0.1) is 0 Å². The van der Waals surface area contributed by atoms with Gasteiger partial charge in [0.15, 0.2) is 0 Å². The predicted octanol–water partition coefficient (Wildman–Crippen LogP) is 2.67. The van der Waals surface area contributed by atoms with E-state index < -0.39 is 0 Å². The van der Waals surface area contributed by atoms with Crippen molar-refractivity contribution in [3.05, 3.63) is 46.5 Å². The molecule has 0 aliphatic carbocycles. The lowest BCUT2D eigenvalue weighted by Crippen LogP contribution is -2.23. The quantitative estimate of drug-likeness (QED) is 0.914. The van der Waals surface area contributed by atoms with Crippen molar-refractivity contribution in [2.45, 2.75) is 26.3 Å². The molecule has 0 radical (unpaired) electrons. The first-order chi connectivity index (χ1) is 9.13. The van der Waals surface area contributed by atoms with Crippen LogP contribution in [0.1, 0.15) is 29.8 Å². The Bertz CT molecular complexity index is 536. The highest BCUT2D eigenvalue weighted by molar-refractivity contribution is 6.30. The summed E-state index contributed by atoms with van der Waals surface area (Å²) in [6.07, 6.45) is 4.50. The third-order valence-electron chi connectivity index (χ3n) is 3.22. The van der Waals surface area contributed by atoms with Crippen LogP contribution in [0.2, 0.25) is 5.15 Å². The molecule has 0 amide bonds. The Balaban J connectivity index is 2.26. The van der Waals surface area contributed by atoms with Crippen LogP contribution in [0.15, 0.2) is 24.5 Å². The number of aromatic nitrogens is 3. The molecule has 2 aromatic rings. The fraction of sp³-hybridized carbons (Fsp3) is 0.429. The fourth-order valence-corrected chi connectivity index (χ4v) is 2.50. The monoisotopic (exact) mass is 278 g/mol. The third-order valence-corrected chi connectivity index (χ3v) is 3.69. The Morgan fingerprint density at radius 2 is 2.26 bits per heavy atom. The summed E-state index contributed by atoms with van der Waals surface area (Å²) in [6.45, 7) is 4.99. The molecule has 2 heterocycles. The molecule has 2 rings (SSSR count). The number of nitrogens with one attached hydrogen (secondary N) is 1. The summed E-state index contributed by atoms with van der Waals surface area (Å²) in [4.78, 5) is 4.19. The Kier molecular flexibility index (Phi) is 4.56. The molecule has 1 atom stereocenters. The van der Waals surface area contributed by atoms with Gasteiger partial charge in [0.05, 0.1) is 5.69 Å². The maximum absolute atomic E-state index is 6.30. The van der Waals surface area contributed by atoms with Crippen LogP contribution in [0.3, 0.4) is 0 Å². The van der Waals surface area contributed by atoms with E-state index in [0.29, 0.717) is 5.15 Å². The molecule has 0 saturated carbocycles. The van der Waals surface area contributed by atoms with Gasteiger partial charge in [-0.3, -0.25) is 9.67 Å². The average Bonchev–Trinajstić information content (AvgIpc) is 2.65. The average molecular weight is 279 g/mol. The molecular weight excluding hydrogens is 260 g/mol. The summed E-state index contributed by atoms with van der Waals surface area (Å²) in [5.74, 6) is 0. The van der Waals surface area contributed by atoms with Gasteiger partial charge in [-0.1, -0.05) is 24.6 Å². The lowest BCUT2D eigenvalue weighted by Gasteiger charge is -2.18. The highest BCUT2D eigenvalue weighted by atomic mass is 35.5. The van der Waals surface area contributed by atoms with Gasteiger partial charge >= 0.3 is 0 Å². The van der Waals surface area contributed by atoms with Crippen LogP contribution < -0.4 is 5.32 Å². The predicted molar refractivity (Wildman–Crippen MR) is 77.3 cm³/mol. The van der Waals surface area contributed by atoms with Crippen LogP contribution in [0.5, 0.6) is 0 Å². The van der Waals surface area contributed by atoms with E-state index in [1.807, 2.05) is 26.2 Å². The van der Waals surface area contributed by atoms with Gasteiger partial charge in [0.2, 0.25) is 0 Å². The highest BCUT2D eigenvalue weighted by Gasteiger charge is 2.18. The molecule has 0 spiro atoms. The lowest BCUT2D eigenvalue weighted by atomic mass is 10.0. The first kappa shape index (κ1) is 14.0. The Morgan fingerprint density at radius 3 is 2.79 bits per heavy atom. The van der Waals surface area contributed by atoms with Crippen molar-refractivity contribution >= 4 is 11.6 Å². The maximum Gasteiger partial charge on any atom is 0.130 e. The van der Waals surface area contributed by atoms with Crippen molar-refractivity contribution in [1.29, 1.82) is 0 Å². The van der Waals surface area contributed by atoms with Gasteiger partial charge in [0.25, 0.3) is 0 Å². The number of hydrogen-bond donors (Lipinski definition) is 1. The Labute approximate surface area is 118 Å². The number of hydrogen-bond acceptors (Lipinski definition) is 3. The van der Waals surface area contributed by atoms with Crippen LogP contribution in [0, 0.1) is 6.92 Å². The number of likely N-dealkylation sites (N-methyl/N-ethyl adjacent to an activating group) is 1. The molecule has 0 aliphatic rings. The van der Waals surface area contributed by atoms with Crippen LogP contribution in [-0.4, -0.2) is 21.3 Å². The topological polar surface area (TPSA) is 42.7 Å². The van der Waals surface area contributed by atoms with E-state index in [-0.39, 0.29) is 6.04 Å². The summed E-state index contributed by atoms with van der Waals surface area (Å²) in [5, 5.41) is 8.55. The summed E-state index contributed by atoms with van der Waals surface area (Å²) in [6, 6.07) is 4.25. The zero-order chi connectivity index (χ0) is 13.8. The van der Waals surface area contributed by atoms with Gasteiger partial charge in [-0.2, -0.15) is 5.10 Å². The smallest absolute Gasteiger partial charge is 0.130 e. The van der Waals surface area contributed by atoms with Crippen molar-refractivity contribution < 1.29 is 0 Å². The van der Waals surface area contributed by atoms with Crippen LogP contribution in [0.25, 0.3) is 0 Å². The number of aryl methyl sites for hydroxylation is 2. The molecular formula is C14H19ClN4. The molecule has 0 saturated heterocycles. The number of halogens is 1. The van der Waals surface area contributed by atoms with Gasteiger partial charge in [-0.25, -0.2) is 0 Å². The Morgan fingerprint density at radius 1 is 1.47 bits per heavy atom. The van der Waals surface area contributed by atoms with Crippen molar-refractivity contribution in [2.75, 3.05) is 6.54 Å². The van der Waals surface area contributed by atoms with Crippen molar-refractivity contribution in [1.82, 2.24) is 20.1 Å². The van der Waals surface area contributed by atoms with E-state index in [1.165, 1.54) is 5.56 Å². The van der Waals surface area contributed by atoms with E-state index in [1.54, 1.807) is 10.9 Å². The molecule has 4 nitrogen and oxygen atoms in total. The summed E-state index contributed by atoms with van der Waals surface area (Å²) in [5.41, 5.74) is 3.25. The van der Waals surface area contributed by atoms with E-state index in [0.717, 1.165) is 24.2 Å². The fourth-order valence-electron chi connectivity index (χ4n) is 2.25. The Hall–Kier alpha value is -1.39. The zero-order valence-corrected chi connectivity index (χ0v) is 12.3. The number of nitrogens with zero attached hydrogens (tertiary/aromatic N) is 3. The van der Waals surface area contributed by atoms with Gasteiger partial charge in [0.1, 0.15) is 5.15 Å². The van der Waals surface area contributed by atoms with Gasteiger partial charge in [0, 0.05) is 31.0 Å². The molecule has 2 aromatic heterocycles. The summed E-state index contributed by atoms with van der Waals surface area (Å²) in [7, 11) is 1.87. The third kappa shape index (κ3) is 3.14. The largest absolute Gasteiger partial charge is 0.310 e. The first-order valence-electron chi connectivity index (χ1n) is 6.44. The minimum atomic E-state index is 0.207. The molecule has 0 bridgehead atoms. The zero-order valence-electron chi connectivity index (χ0n) is 11.5. The second-order valence-corrected chi connectivity index (χ2v) is 4.94. The van der Waals surface area contributed by atoms with Crippen molar-refractivity contribution in [3.63, 3.8) is 0 Å². The standard InChI is InChI=1S/C14H19ClN4/c1-4-17-13(11-6-5-7-16-9-11)8-12-10(2)18-19(3)14(12)15/h5-7,9,13,17H,4,8H2,1-3H3. The van der Waals surface area contributed by atoms with Crippen molar-refractivity contribution in [2.24, 2.45) is 7.05 Å². The molecule has 19 heavy (non-hydrogen) atoms. The molecule has 1 N–H and O–H groups in total. The van der Waals surface area contributed by atoms with Crippen molar-refractivity contribution in [3.8, 4) is 0 Å². The van der Waals surface area contributed by atoms with E-state index in [4.69, 9.17) is 11.6 Å².